The first-order valence-electron chi connectivity index (χ1n) is 6.80. The molecule has 1 aromatic carbocycles. The number of halogens is 1. The smallest absolute Gasteiger partial charge is 0.272 e. The van der Waals surface area contributed by atoms with Crippen molar-refractivity contribution in [1.82, 2.24) is 5.32 Å². The Morgan fingerprint density at radius 3 is 2.71 bits per heavy atom. The molecule has 126 valence electrons. The largest absolute Gasteiger partial charge is 0.482 e. The average molecular weight is 352 g/mol. The molecule has 0 aliphatic rings. The number of hydrogen-bond acceptors (Lipinski definition) is 6. The predicted octanol–water partition coefficient (Wildman–Crippen LogP) is 2.69. The van der Waals surface area contributed by atoms with E-state index in [-0.39, 0.29) is 17.4 Å². The highest BCUT2D eigenvalue weighted by atomic mass is 32.1. The van der Waals surface area contributed by atoms with Gasteiger partial charge in [0.1, 0.15) is 0 Å². The lowest BCUT2D eigenvalue weighted by Crippen LogP contribution is -2.18. The number of nitro benzene ring substituents is 1. The molecule has 0 fully saturated rings. The van der Waals surface area contributed by atoms with Gasteiger partial charge in [-0.2, -0.15) is 0 Å². The Morgan fingerprint density at radius 1 is 1.33 bits per heavy atom. The number of ether oxygens (including phenoxy) is 1. The molecule has 0 saturated carbocycles. The number of carbonyl (C=O) groups excluding carboxylic acids is 2. The Kier molecular flexibility index (Phi) is 5.59. The molecule has 2 aromatic rings. The van der Waals surface area contributed by atoms with Gasteiger partial charge in [-0.15, -0.1) is 11.3 Å². The summed E-state index contributed by atoms with van der Waals surface area (Å²) in [6.45, 7) is 1.33. The van der Waals surface area contributed by atoms with Crippen LogP contribution < -0.4 is 10.1 Å². The van der Waals surface area contributed by atoms with E-state index in [0.29, 0.717) is 11.4 Å². The van der Waals surface area contributed by atoms with Gasteiger partial charge < -0.3 is 10.1 Å². The molecule has 0 atom stereocenters. The summed E-state index contributed by atoms with van der Waals surface area (Å²) in [4.78, 5) is 33.9. The first kappa shape index (κ1) is 17.5. The molecular weight excluding hydrogens is 339 g/mol. The Balaban J connectivity index is 1.96. The molecule has 1 N–H and O–H groups in total. The van der Waals surface area contributed by atoms with E-state index < -0.39 is 23.0 Å². The van der Waals surface area contributed by atoms with E-state index in [0.717, 1.165) is 23.1 Å². The van der Waals surface area contributed by atoms with Crippen LogP contribution in [-0.2, 0) is 11.3 Å². The van der Waals surface area contributed by atoms with Crippen LogP contribution in [0.2, 0.25) is 0 Å². The molecule has 1 aromatic heterocycles. The zero-order valence-corrected chi connectivity index (χ0v) is 13.4. The predicted molar refractivity (Wildman–Crippen MR) is 84.7 cm³/mol. The Morgan fingerprint density at radius 2 is 2.08 bits per heavy atom. The van der Waals surface area contributed by atoms with Gasteiger partial charge in [-0.1, -0.05) is 0 Å². The fraction of sp³-hybridized carbons (Fsp3) is 0.200. The monoisotopic (exact) mass is 352 g/mol. The lowest BCUT2D eigenvalue weighted by molar-refractivity contribution is -0.385. The number of hydrogen-bond donors (Lipinski definition) is 1. The van der Waals surface area contributed by atoms with Gasteiger partial charge in [0.2, 0.25) is 11.7 Å². The Bertz CT molecular complexity index is 790. The van der Waals surface area contributed by atoms with Gasteiger partial charge in [0, 0.05) is 17.9 Å². The molecule has 0 unspecified atom stereocenters. The van der Waals surface area contributed by atoms with Gasteiger partial charge in [-0.25, -0.2) is 4.39 Å². The van der Waals surface area contributed by atoms with Gasteiger partial charge in [0.15, 0.2) is 18.2 Å². The maximum atomic E-state index is 13.7. The number of benzene rings is 1. The third-order valence-electron chi connectivity index (χ3n) is 2.93. The summed E-state index contributed by atoms with van der Waals surface area (Å²) in [6, 6.07) is 6.24. The van der Waals surface area contributed by atoms with E-state index in [1.54, 1.807) is 12.1 Å². The first-order valence-corrected chi connectivity index (χ1v) is 7.61. The normalized spacial score (nSPS) is 10.2. The van der Waals surface area contributed by atoms with Crippen molar-refractivity contribution < 1.29 is 23.6 Å². The number of amides is 1. The van der Waals surface area contributed by atoms with Crippen molar-refractivity contribution in [2.75, 3.05) is 6.61 Å². The summed E-state index contributed by atoms with van der Waals surface area (Å²) in [6.07, 6.45) is 0. The second-order valence-electron chi connectivity index (χ2n) is 4.76. The van der Waals surface area contributed by atoms with Crippen LogP contribution in [0.25, 0.3) is 0 Å². The number of Topliss-reactive ketones (excluding diaryl/α,β-unsaturated/α-hetero) is 1. The second kappa shape index (κ2) is 7.64. The summed E-state index contributed by atoms with van der Waals surface area (Å²) in [5.74, 6) is -1.67. The zero-order valence-electron chi connectivity index (χ0n) is 12.6. The van der Waals surface area contributed by atoms with Gasteiger partial charge in [0.05, 0.1) is 22.4 Å². The summed E-state index contributed by atoms with van der Waals surface area (Å²) in [7, 11) is 0. The first-order chi connectivity index (χ1) is 11.4. The highest BCUT2D eigenvalue weighted by Gasteiger charge is 2.15. The molecule has 24 heavy (non-hydrogen) atoms. The van der Waals surface area contributed by atoms with Crippen LogP contribution in [0.15, 0.2) is 30.3 Å². The standard InChI is InChI=1S/C15H13FN2O5S/c1-9(19)17-7-11-3-5-15(24-11)13(20)8-23-14-4-2-10(18(21)22)6-12(14)16/h2-6H,7-8H2,1H3,(H,17,19). The number of non-ortho nitro benzene ring substituents is 1. The molecule has 0 aliphatic heterocycles. The van der Waals surface area contributed by atoms with E-state index in [1.807, 2.05) is 0 Å². The van der Waals surface area contributed by atoms with E-state index in [2.05, 4.69) is 5.32 Å². The van der Waals surface area contributed by atoms with Crippen LogP contribution in [0, 0.1) is 15.9 Å². The highest BCUT2D eigenvalue weighted by molar-refractivity contribution is 7.14. The van der Waals surface area contributed by atoms with E-state index in [4.69, 9.17) is 4.74 Å². The summed E-state index contributed by atoms with van der Waals surface area (Å²) in [5, 5.41) is 13.2. The molecule has 0 aliphatic carbocycles. The summed E-state index contributed by atoms with van der Waals surface area (Å²) in [5.41, 5.74) is -0.396. The Labute approximate surface area is 140 Å². The molecule has 0 radical (unpaired) electrons. The van der Waals surface area contributed by atoms with Crippen molar-refractivity contribution in [3.63, 3.8) is 0 Å². The quantitative estimate of drug-likeness (QED) is 0.469. The maximum Gasteiger partial charge on any atom is 0.272 e. The number of nitrogens with one attached hydrogen (secondary N) is 1. The number of nitro groups is 1. The molecular formula is C15H13FN2O5S. The summed E-state index contributed by atoms with van der Waals surface area (Å²) < 4.78 is 18.8. The Hall–Kier alpha value is -2.81. The van der Waals surface area contributed by atoms with Crippen molar-refractivity contribution >= 4 is 28.7 Å². The van der Waals surface area contributed by atoms with E-state index in [9.17, 15) is 24.1 Å². The number of thiophene rings is 1. The van der Waals surface area contributed by atoms with Crippen molar-refractivity contribution in [3.8, 4) is 5.75 Å². The molecule has 0 saturated heterocycles. The number of nitrogens with zero attached hydrogens (tertiary/aromatic N) is 1. The van der Waals surface area contributed by atoms with E-state index in [1.165, 1.54) is 18.3 Å². The molecule has 0 spiro atoms. The molecule has 2 rings (SSSR count). The van der Waals surface area contributed by atoms with Crippen LogP contribution in [0.5, 0.6) is 5.75 Å². The third kappa shape index (κ3) is 4.59. The van der Waals surface area contributed by atoms with Crippen LogP contribution in [-0.4, -0.2) is 23.2 Å². The van der Waals surface area contributed by atoms with Gasteiger partial charge in [-0.3, -0.25) is 19.7 Å². The molecule has 7 nitrogen and oxygen atoms in total. The molecule has 1 heterocycles. The lowest BCUT2D eigenvalue weighted by atomic mass is 10.3. The number of ketones is 1. The van der Waals surface area contributed by atoms with Gasteiger partial charge in [-0.05, 0) is 18.2 Å². The SMILES string of the molecule is CC(=O)NCc1ccc(C(=O)COc2ccc([N+](=O)[O-])cc2F)s1. The fourth-order valence-electron chi connectivity index (χ4n) is 1.77. The zero-order chi connectivity index (χ0) is 17.7. The van der Waals surface area contributed by atoms with Crippen LogP contribution in [0.1, 0.15) is 21.5 Å². The average Bonchev–Trinajstić information content (AvgIpc) is 3.00. The maximum absolute atomic E-state index is 13.7. The van der Waals surface area contributed by atoms with Crippen molar-refractivity contribution in [2.45, 2.75) is 13.5 Å². The second-order valence-corrected chi connectivity index (χ2v) is 5.93. The highest BCUT2D eigenvalue weighted by Crippen LogP contribution is 2.23. The van der Waals surface area contributed by atoms with E-state index >= 15 is 0 Å². The molecule has 0 bridgehead atoms. The van der Waals surface area contributed by atoms with Crippen LogP contribution >= 0.6 is 11.3 Å². The van der Waals surface area contributed by atoms with Crippen LogP contribution in [0.3, 0.4) is 0 Å². The van der Waals surface area contributed by atoms with Gasteiger partial charge in [0.25, 0.3) is 5.69 Å². The molecule has 9 heteroatoms. The minimum Gasteiger partial charge on any atom is -0.482 e. The lowest BCUT2D eigenvalue weighted by Gasteiger charge is -2.05. The summed E-state index contributed by atoms with van der Waals surface area (Å²) >= 11 is 1.20. The molecule has 1 amide bonds. The van der Waals surface area contributed by atoms with Crippen LogP contribution in [0.4, 0.5) is 10.1 Å². The number of rotatable bonds is 7. The number of carbonyl (C=O) groups is 2. The fourth-order valence-corrected chi connectivity index (χ4v) is 2.64. The van der Waals surface area contributed by atoms with Crippen molar-refractivity contribution in [1.29, 1.82) is 0 Å². The van der Waals surface area contributed by atoms with Gasteiger partial charge >= 0.3 is 0 Å². The topological polar surface area (TPSA) is 98.5 Å². The minimum absolute atomic E-state index is 0.173. The third-order valence-corrected chi connectivity index (χ3v) is 4.06. The minimum atomic E-state index is -0.908. The van der Waals surface area contributed by atoms with Crippen molar-refractivity contribution in [2.24, 2.45) is 0 Å². The van der Waals surface area contributed by atoms with Crippen molar-refractivity contribution in [3.05, 3.63) is 56.0 Å².